The van der Waals surface area contributed by atoms with Crippen molar-refractivity contribution >= 4 is 11.7 Å². The summed E-state index contributed by atoms with van der Waals surface area (Å²) in [6, 6.07) is 5.69. The lowest BCUT2D eigenvalue weighted by Crippen LogP contribution is -2.35. The van der Waals surface area contributed by atoms with E-state index in [4.69, 9.17) is 0 Å². The fourth-order valence-electron chi connectivity index (χ4n) is 2.53. The van der Waals surface area contributed by atoms with Crippen LogP contribution in [0.15, 0.2) is 18.2 Å². The maximum atomic E-state index is 12.7. The Hall–Kier alpha value is -1.58. The molecule has 2 aliphatic rings. The summed E-state index contributed by atoms with van der Waals surface area (Å²) in [6.45, 7) is 4.85. The van der Waals surface area contributed by atoms with E-state index < -0.39 is 0 Å². The zero-order chi connectivity index (χ0) is 14.7. The molecule has 0 unspecified atom stereocenters. The molecule has 2 saturated carbocycles. The van der Waals surface area contributed by atoms with Crippen molar-refractivity contribution in [1.29, 1.82) is 0 Å². The van der Waals surface area contributed by atoms with Crippen molar-refractivity contribution in [2.75, 3.05) is 25.0 Å². The lowest BCUT2D eigenvalue weighted by molar-refractivity contribution is 0.0734. The van der Waals surface area contributed by atoms with Gasteiger partial charge in [0.2, 0.25) is 0 Å². The first kappa shape index (κ1) is 14.4. The minimum Gasteiger partial charge on any atom is -0.370 e. The quantitative estimate of drug-likeness (QED) is 0.799. The highest BCUT2D eigenvalue weighted by Crippen LogP contribution is 2.34. The average Bonchev–Trinajstić information content (AvgIpc) is 3.39. The van der Waals surface area contributed by atoms with E-state index in [0.717, 1.165) is 43.7 Å². The number of carbonyl (C=O) groups excluding carboxylic acids is 1. The van der Waals surface area contributed by atoms with Crippen molar-refractivity contribution in [1.82, 2.24) is 9.88 Å². The van der Waals surface area contributed by atoms with E-state index in [1.165, 1.54) is 25.7 Å². The second-order valence-corrected chi connectivity index (χ2v) is 6.43. The molecule has 21 heavy (non-hydrogen) atoms. The summed E-state index contributed by atoms with van der Waals surface area (Å²) in [6.07, 6.45) is 6.16. The predicted octanol–water partition coefficient (Wildman–Crippen LogP) is 3.17. The van der Waals surface area contributed by atoms with Crippen molar-refractivity contribution in [2.45, 2.75) is 39.0 Å². The standard InChI is InChI=1S/C17H25N3O/c1-2-10-18-16-5-3-4-15(19-16)17(21)20(11-13-6-7-13)12-14-8-9-14/h3-5,13-14H,2,6-12H2,1H3,(H,18,19). The van der Waals surface area contributed by atoms with E-state index in [2.05, 4.69) is 17.2 Å². The van der Waals surface area contributed by atoms with Crippen molar-refractivity contribution < 1.29 is 4.79 Å². The topological polar surface area (TPSA) is 45.2 Å². The summed E-state index contributed by atoms with van der Waals surface area (Å²) in [5, 5.41) is 3.25. The Bertz CT molecular complexity index is 481. The van der Waals surface area contributed by atoms with Gasteiger partial charge in [0.05, 0.1) is 0 Å². The molecule has 4 heteroatoms. The van der Waals surface area contributed by atoms with Crippen LogP contribution in [0.3, 0.4) is 0 Å². The van der Waals surface area contributed by atoms with Crippen molar-refractivity contribution in [3.05, 3.63) is 23.9 Å². The maximum absolute atomic E-state index is 12.7. The molecule has 1 aromatic rings. The first-order chi connectivity index (χ1) is 10.3. The largest absolute Gasteiger partial charge is 0.370 e. The third kappa shape index (κ3) is 4.19. The SMILES string of the molecule is CCCNc1cccc(C(=O)N(CC2CC2)CC2CC2)n1. The minimum atomic E-state index is 0.106. The molecule has 1 aromatic heterocycles. The van der Waals surface area contributed by atoms with Crippen molar-refractivity contribution in [2.24, 2.45) is 11.8 Å². The first-order valence-electron chi connectivity index (χ1n) is 8.26. The number of anilines is 1. The van der Waals surface area contributed by atoms with E-state index in [1.807, 2.05) is 23.1 Å². The van der Waals surface area contributed by atoms with Crippen LogP contribution < -0.4 is 5.32 Å². The van der Waals surface area contributed by atoms with Crippen LogP contribution >= 0.6 is 0 Å². The molecular formula is C17H25N3O. The summed E-state index contributed by atoms with van der Waals surface area (Å²) in [5.74, 6) is 2.37. The number of amides is 1. The number of nitrogens with zero attached hydrogens (tertiary/aromatic N) is 2. The zero-order valence-corrected chi connectivity index (χ0v) is 12.8. The van der Waals surface area contributed by atoms with Crippen LogP contribution in [-0.2, 0) is 0 Å². The highest BCUT2D eigenvalue weighted by atomic mass is 16.2. The lowest BCUT2D eigenvalue weighted by atomic mass is 10.2. The summed E-state index contributed by atoms with van der Waals surface area (Å²) >= 11 is 0. The highest BCUT2D eigenvalue weighted by Gasteiger charge is 2.32. The fourth-order valence-corrected chi connectivity index (χ4v) is 2.53. The average molecular weight is 287 g/mol. The van der Waals surface area contributed by atoms with Gasteiger partial charge in [-0.05, 0) is 56.1 Å². The zero-order valence-electron chi connectivity index (χ0n) is 12.8. The van der Waals surface area contributed by atoms with Crippen LogP contribution in [0.4, 0.5) is 5.82 Å². The van der Waals surface area contributed by atoms with E-state index in [0.29, 0.717) is 5.69 Å². The molecule has 0 aromatic carbocycles. The Morgan fingerprint density at radius 3 is 2.48 bits per heavy atom. The fraction of sp³-hybridized carbons (Fsp3) is 0.647. The summed E-state index contributed by atoms with van der Waals surface area (Å²) in [7, 11) is 0. The Balaban J connectivity index is 1.67. The summed E-state index contributed by atoms with van der Waals surface area (Å²) in [5.41, 5.74) is 0.581. The van der Waals surface area contributed by atoms with Crippen LogP contribution in [0.1, 0.15) is 49.5 Å². The van der Waals surface area contributed by atoms with Gasteiger partial charge < -0.3 is 10.2 Å². The molecule has 0 aliphatic heterocycles. The molecule has 0 spiro atoms. The minimum absolute atomic E-state index is 0.106. The molecule has 2 fully saturated rings. The van der Waals surface area contributed by atoms with Crippen LogP contribution in [0, 0.1) is 11.8 Å². The third-order valence-electron chi connectivity index (χ3n) is 4.16. The Labute approximate surface area is 126 Å². The molecule has 1 N–H and O–H groups in total. The predicted molar refractivity (Wildman–Crippen MR) is 84.4 cm³/mol. The number of aromatic nitrogens is 1. The van der Waals surface area contributed by atoms with Gasteiger partial charge in [-0.1, -0.05) is 13.0 Å². The molecule has 0 radical (unpaired) electrons. The maximum Gasteiger partial charge on any atom is 0.272 e. The number of hydrogen-bond donors (Lipinski definition) is 1. The molecule has 2 aliphatic carbocycles. The Kier molecular flexibility index (Phi) is 4.42. The van der Waals surface area contributed by atoms with Gasteiger partial charge in [0.25, 0.3) is 5.91 Å². The molecule has 0 bridgehead atoms. The van der Waals surface area contributed by atoms with Crippen LogP contribution in [-0.4, -0.2) is 35.4 Å². The van der Waals surface area contributed by atoms with Crippen molar-refractivity contribution in [3.63, 3.8) is 0 Å². The molecule has 4 nitrogen and oxygen atoms in total. The second-order valence-electron chi connectivity index (χ2n) is 6.43. The smallest absolute Gasteiger partial charge is 0.272 e. The highest BCUT2D eigenvalue weighted by molar-refractivity contribution is 5.92. The molecule has 114 valence electrons. The molecule has 1 heterocycles. The van der Waals surface area contributed by atoms with Gasteiger partial charge in [-0.2, -0.15) is 0 Å². The van der Waals surface area contributed by atoms with Gasteiger partial charge in [0.1, 0.15) is 11.5 Å². The van der Waals surface area contributed by atoms with E-state index in [1.54, 1.807) is 0 Å². The Morgan fingerprint density at radius 2 is 1.90 bits per heavy atom. The van der Waals surface area contributed by atoms with E-state index in [-0.39, 0.29) is 5.91 Å². The Morgan fingerprint density at radius 1 is 1.24 bits per heavy atom. The second kappa shape index (κ2) is 6.46. The lowest BCUT2D eigenvalue weighted by Gasteiger charge is -2.22. The first-order valence-corrected chi connectivity index (χ1v) is 8.26. The van der Waals surface area contributed by atoms with Gasteiger partial charge >= 0.3 is 0 Å². The van der Waals surface area contributed by atoms with Crippen molar-refractivity contribution in [3.8, 4) is 0 Å². The summed E-state index contributed by atoms with van der Waals surface area (Å²) < 4.78 is 0. The molecule has 3 rings (SSSR count). The molecule has 1 amide bonds. The van der Waals surface area contributed by atoms with Crippen LogP contribution in [0.5, 0.6) is 0 Å². The van der Waals surface area contributed by atoms with E-state index in [9.17, 15) is 4.79 Å². The molecule has 0 saturated heterocycles. The summed E-state index contributed by atoms with van der Waals surface area (Å²) in [4.78, 5) is 19.3. The monoisotopic (exact) mass is 287 g/mol. The van der Waals surface area contributed by atoms with Crippen LogP contribution in [0.25, 0.3) is 0 Å². The number of hydrogen-bond acceptors (Lipinski definition) is 3. The van der Waals surface area contributed by atoms with Gasteiger partial charge in [-0.3, -0.25) is 4.79 Å². The van der Waals surface area contributed by atoms with Gasteiger partial charge in [-0.15, -0.1) is 0 Å². The van der Waals surface area contributed by atoms with Gasteiger partial charge in [0, 0.05) is 19.6 Å². The van der Waals surface area contributed by atoms with Gasteiger partial charge in [-0.25, -0.2) is 4.98 Å². The number of nitrogens with one attached hydrogen (secondary N) is 1. The van der Waals surface area contributed by atoms with E-state index >= 15 is 0 Å². The number of pyridine rings is 1. The molecular weight excluding hydrogens is 262 g/mol. The normalized spacial score (nSPS) is 17.6. The number of carbonyl (C=O) groups is 1. The molecule has 0 atom stereocenters. The van der Waals surface area contributed by atoms with Gasteiger partial charge in [0.15, 0.2) is 0 Å². The van der Waals surface area contributed by atoms with Crippen LogP contribution in [0.2, 0.25) is 0 Å². The number of rotatable bonds is 8. The third-order valence-corrected chi connectivity index (χ3v) is 4.16.